The highest BCUT2D eigenvalue weighted by Crippen LogP contribution is 2.58. The van der Waals surface area contributed by atoms with E-state index in [1.54, 1.807) is 0 Å². The maximum absolute atomic E-state index is 3.89. The molecule has 0 unspecified atom stereocenters. The minimum Gasteiger partial charge on any atom is -0.356 e. The van der Waals surface area contributed by atoms with Crippen molar-refractivity contribution in [1.82, 2.24) is 0 Å². The molecule has 0 bridgehead atoms. The highest BCUT2D eigenvalue weighted by atomic mass is 14.9. The molecule has 1 N–H and O–H groups in total. The molecule has 0 saturated carbocycles. The van der Waals surface area contributed by atoms with Crippen molar-refractivity contribution in [3.63, 3.8) is 0 Å². The van der Waals surface area contributed by atoms with Crippen molar-refractivity contribution < 1.29 is 0 Å². The van der Waals surface area contributed by atoms with E-state index in [0.717, 1.165) is 11.4 Å². The Morgan fingerprint density at radius 1 is 0.270 bits per heavy atom. The Morgan fingerprint density at radius 2 is 0.622 bits per heavy atom. The summed E-state index contributed by atoms with van der Waals surface area (Å²) in [5, 5.41) is 8.91. The van der Waals surface area contributed by atoms with E-state index in [0.29, 0.717) is 0 Å². The molecular weight excluding hydrogens is 891 g/mol. The Hall–Kier alpha value is -7.48. The van der Waals surface area contributed by atoms with Gasteiger partial charge in [-0.15, -0.1) is 0 Å². The molecule has 74 heavy (non-hydrogen) atoms. The second kappa shape index (κ2) is 17.9. The molecule has 0 heterocycles. The van der Waals surface area contributed by atoms with Gasteiger partial charge in [0.15, 0.2) is 0 Å². The standard InChI is InChI=1S/C73H71N/c1-69(2,3)57-40-58(70(4,5)6)43-61(42-57)73(62-44-59(71(7,8)9)41-60(45-62)72(10,11)12)67-20-16-15-19-65(67)66-36-35-64(46-68(66)73)74-63-33-31-49(32-34-63)48-21-23-50(24-22-48)52-27-28-55-39-56(30-29-54(55)38-52)53-26-25-47-17-13-14-18-51(47)37-53/h13-46,74H,1-12H3. The molecule has 0 radical (unpaired) electrons. The number of hydrogen-bond acceptors (Lipinski definition) is 1. The number of hydrogen-bond donors (Lipinski definition) is 1. The topological polar surface area (TPSA) is 12.0 Å². The number of rotatable bonds is 7. The van der Waals surface area contributed by atoms with Crippen LogP contribution in [-0.4, -0.2) is 0 Å². The number of fused-ring (bicyclic) bond motifs is 5. The average Bonchev–Trinajstić information content (AvgIpc) is 3.71. The summed E-state index contributed by atoms with van der Waals surface area (Å²) in [7, 11) is 0. The molecule has 1 aliphatic rings. The van der Waals surface area contributed by atoms with Crippen LogP contribution in [0.1, 0.15) is 128 Å². The summed E-state index contributed by atoms with van der Waals surface area (Å²) in [6.45, 7) is 28.3. The first-order valence-electron chi connectivity index (χ1n) is 26.7. The van der Waals surface area contributed by atoms with Gasteiger partial charge in [0, 0.05) is 11.4 Å². The Bertz CT molecular complexity index is 3620. The average molecular weight is 962 g/mol. The van der Waals surface area contributed by atoms with E-state index >= 15 is 0 Å². The summed E-state index contributed by atoms with van der Waals surface area (Å²) in [6, 6.07) is 78.3. The van der Waals surface area contributed by atoms with Crippen LogP contribution in [0.25, 0.3) is 66.1 Å². The summed E-state index contributed by atoms with van der Waals surface area (Å²) in [6.07, 6.45) is 0. The summed E-state index contributed by atoms with van der Waals surface area (Å²) in [4.78, 5) is 0. The molecule has 1 heteroatoms. The molecule has 1 aliphatic carbocycles. The van der Waals surface area contributed by atoms with Gasteiger partial charge in [-0.25, -0.2) is 0 Å². The molecule has 0 atom stereocenters. The van der Waals surface area contributed by atoms with E-state index < -0.39 is 5.41 Å². The van der Waals surface area contributed by atoms with Crippen LogP contribution >= 0.6 is 0 Å². The summed E-state index contributed by atoms with van der Waals surface area (Å²) < 4.78 is 0. The van der Waals surface area contributed by atoms with Crippen molar-refractivity contribution in [1.29, 1.82) is 0 Å². The number of anilines is 2. The fourth-order valence-corrected chi connectivity index (χ4v) is 11.3. The third-order valence-electron chi connectivity index (χ3n) is 15.9. The summed E-state index contributed by atoms with van der Waals surface area (Å²) in [5.74, 6) is 0. The molecular formula is C73H71N. The van der Waals surface area contributed by atoms with Gasteiger partial charge in [-0.1, -0.05) is 247 Å². The zero-order valence-electron chi connectivity index (χ0n) is 45.6. The van der Waals surface area contributed by atoms with Crippen LogP contribution in [-0.2, 0) is 27.1 Å². The van der Waals surface area contributed by atoms with Crippen molar-refractivity contribution in [3.8, 4) is 44.5 Å². The molecule has 0 fully saturated rings. The quantitative estimate of drug-likeness (QED) is 0.168. The third-order valence-corrected chi connectivity index (χ3v) is 15.9. The fraction of sp³-hybridized carbons (Fsp3) is 0.233. The van der Waals surface area contributed by atoms with Crippen molar-refractivity contribution in [2.75, 3.05) is 5.32 Å². The van der Waals surface area contributed by atoms with Crippen LogP contribution in [0, 0.1) is 0 Å². The maximum atomic E-state index is 3.89. The second-order valence-corrected chi connectivity index (χ2v) is 25.3. The molecule has 1 nitrogen and oxygen atoms in total. The Balaban J connectivity index is 0.940. The van der Waals surface area contributed by atoms with Crippen molar-refractivity contribution in [2.45, 2.75) is 110 Å². The number of benzene rings is 10. The molecule has 0 saturated heterocycles. The zero-order valence-corrected chi connectivity index (χ0v) is 45.6. The number of nitrogens with one attached hydrogen (secondary N) is 1. The monoisotopic (exact) mass is 962 g/mol. The summed E-state index contributed by atoms with van der Waals surface area (Å²) in [5.41, 5.74) is 21.9. The first-order valence-corrected chi connectivity index (χ1v) is 26.7. The molecule has 10 aromatic rings. The van der Waals surface area contributed by atoms with Crippen LogP contribution in [0.15, 0.2) is 206 Å². The lowest BCUT2D eigenvalue weighted by atomic mass is 9.64. The van der Waals surface area contributed by atoms with Gasteiger partial charge in [0.05, 0.1) is 5.41 Å². The molecule has 0 aliphatic heterocycles. The maximum Gasteiger partial charge on any atom is 0.0714 e. The fourth-order valence-electron chi connectivity index (χ4n) is 11.3. The molecule has 0 aromatic heterocycles. The van der Waals surface area contributed by atoms with E-state index in [2.05, 4.69) is 295 Å². The molecule has 0 spiro atoms. The van der Waals surface area contributed by atoms with E-state index in [9.17, 15) is 0 Å². The predicted molar refractivity (Wildman–Crippen MR) is 320 cm³/mol. The lowest BCUT2D eigenvalue weighted by Crippen LogP contribution is -2.32. The minimum absolute atomic E-state index is 0.0535. The van der Waals surface area contributed by atoms with Crippen molar-refractivity contribution >= 4 is 32.9 Å². The normalized spacial score (nSPS) is 13.5. The smallest absolute Gasteiger partial charge is 0.0714 e. The lowest BCUT2D eigenvalue weighted by molar-refractivity contribution is 0.560. The van der Waals surface area contributed by atoms with Crippen molar-refractivity contribution in [2.24, 2.45) is 0 Å². The van der Waals surface area contributed by atoms with Gasteiger partial charge in [0.2, 0.25) is 0 Å². The largest absolute Gasteiger partial charge is 0.356 e. The van der Waals surface area contributed by atoms with E-state index in [1.165, 1.54) is 111 Å². The molecule has 0 amide bonds. The van der Waals surface area contributed by atoms with Crippen molar-refractivity contribution in [3.05, 3.63) is 251 Å². The summed E-state index contributed by atoms with van der Waals surface area (Å²) >= 11 is 0. The van der Waals surface area contributed by atoms with E-state index in [4.69, 9.17) is 0 Å². The first-order chi connectivity index (χ1) is 35.1. The van der Waals surface area contributed by atoms with Gasteiger partial charge >= 0.3 is 0 Å². The molecule has 10 aromatic carbocycles. The predicted octanol–water partition coefficient (Wildman–Crippen LogP) is 20.3. The highest BCUT2D eigenvalue weighted by molar-refractivity contribution is 5.94. The molecule has 11 rings (SSSR count). The van der Waals surface area contributed by atoms with Crippen LogP contribution in [0.3, 0.4) is 0 Å². The first kappa shape index (κ1) is 48.8. The van der Waals surface area contributed by atoms with Gasteiger partial charge < -0.3 is 5.32 Å². The minimum atomic E-state index is -0.586. The lowest BCUT2D eigenvalue weighted by Gasteiger charge is -2.38. The molecule has 368 valence electrons. The SMILES string of the molecule is CC(C)(C)c1cc(C(C)(C)C)cc(C2(c3cc(C(C)(C)C)cc(C(C)(C)C)c3)c3ccccc3-c3ccc(Nc4ccc(-c5ccc(-c6ccc7cc(-c8ccc9ccccc9c8)ccc7c6)cc5)cc4)cc32)c1. The van der Waals surface area contributed by atoms with E-state index in [1.807, 2.05) is 0 Å². The van der Waals surface area contributed by atoms with Gasteiger partial charge in [-0.3, -0.25) is 0 Å². The van der Waals surface area contributed by atoms with E-state index in [-0.39, 0.29) is 21.7 Å². The third kappa shape index (κ3) is 8.95. The zero-order chi connectivity index (χ0) is 52.0. The van der Waals surface area contributed by atoms with Gasteiger partial charge in [0.1, 0.15) is 0 Å². The van der Waals surface area contributed by atoms with Crippen LogP contribution in [0.5, 0.6) is 0 Å². The van der Waals surface area contributed by atoms with Crippen LogP contribution < -0.4 is 5.32 Å². The Kier molecular flexibility index (Phi) is 11.8. The van der Waals surface area contributed by atoms with Crippen LogP contribution in [0.2, 0.25) is 0 Å². The second-order valence-electron chi connectivity index (χ2n) is 25.3. The van der Waals surface area contributed by atoms with Gasteiger partial charge in [-0.2, -0.15) is 0 Å². The van der Waals surface area contributed by atoms with Gasteiger partial charge in [0.25, 0.3) is 0 Å². The highest BCUT2D eigenvalue weighted by Gasteiger charge is 2.48. The Labute approximate surface area is 441 Å². The van der Waals surface area contributed by atoms with Crippen LogP contribution in [0.4, 0.5) is 11.4 Å². The Morgan fingerprint density at radius 3 is 1.11 bits per heavy atom. The van der Waals surface area contributed by atoms with Gasteiger partial charge in [-0.05, 0) is 175 Å².